The van der Waals surface area contributed by atoms with Crippen LogP contribution in [0.1, 0.15) is 82.7 Å². The van der Waals surface area contributed by atoms with E-state index in [0.717, 1.165) is 5.56 Å². The van der Waals surface area contributed by atoms with Crippen LogP contribution in [-0.2, 0) is 23.1 Å². The maximum atomic E-state index is 13.8. The van der Waals surface area contributed by atoms with E-state index in [1.807, 2.05) is 44.2 Å². The predicted molar refractivity (Wildman–Crippen MR) is 163 cm³/mol. The van der Waals surface area contributed by atoms with E-state index in [-0.39, 0.29) is 35.9 Å². The van der Waals surface area contributed by atoms with E-state index in [9.17, 15) is 24.0 Å². The third-order valence-corrected chi connectivity index (χ3v) is 7.82. The third-order valence-electron chi connectivity index (χ3n) is 7.82. The Kier molecular flexibility index (Phi) is 10.4. The number of carbonyl (C=O) groups excluding carboxylic acids is 4. The van der Waals surface area contributed by atoms with Crippen molar-refractivity contribution in [2.24, 2.45) is 13.0 Å². The Morgan fingerprint density at radius 1 is 1.07 bits per heavy atom. The van der Waals surface area contributed by atoms with Crippen LogP contribution >= 0.6 is 0 Å². The summed E-state index contributed by atoms with van der Waals surface area (Å²) in [7, 11) is 1.58. The van der Waals surface area contributed by atoms with Crippen LogP contribution in [0.5, 0.6) is 0 Å². The number of oxazole rings is 1. The molecule has 2 aromatic heterocycles. The summed E-state index contributed by atoms with van der Waals surface area (Å²) in [5.41, 5.74) is 1.59. The fraction of sp³-hybridized carbons (Fsp3) is 0.438. The van der Waals surface area contributed by atoms with Gasteiger partial charge in [0.05, 0.1) is 0 Å². The summed E-state index contributed by atoms with van der Waals surface area (Å²) in [5, 5.41) is 11.3. The molecule has 0 saturated carbocycles. The highest BCUT2D eigenvalue weighted by Gasteiger charge is 2.32. The fourth-order valence-corrected chi connectivity index (χ4v) is 5.15. The number of hydrogen-bond acceptors (Lipinski definition) is 7. The number of fused-ring (bicyclic) bond motifs is 2. The average molecular weight is 605 g/mol. The molecule has 234 valence electrons. The first kappa shape index (κ1) is 32.2. The third kappa shape index (κ3) is 7.61. The van der Waals surface area contributed by atoms with Gasteiger partial charge < -0.3 is 30.3 Å². The maximum Gasteiger partial charge on any atom is 0.273 e. The minimum atomic E-state index is -1.05. The Balaban J connectivity index is 1.67. The van der Waals surface area contributed by atoms with Gasteiger partial charge in [0, 0.05) is 25.7 Å². The standard InChI is InChI=1S/C32H40N6O6/c1-18(2)26-31-36-24(17-44-31)27(39)33-14-10-9-13-22(34-30(42)25-19(3)15-20(4)38(5)32(25)43)28(40)35-23(29(41)37-26)16-21-11-7-6-8-12-21/h6-8,11-12,15,17-18,22-23,26H,9-10,13-14,16H2,1-5H3,(H,33,39)(H,34,42)(H,35,40)(H,37,41)/t22-,23-,26-/m0/s1. The minimum Gasteiger partial charge on any atom is -0.446 e. The van der Waals surface area contributed by atoms with Gasteiger partial charge in [-0.25, -0.2) is 4.98 Å². The molecule has 0 unspecified atom stereocenters. The molecule has 0 aliphatic carbocycles. The zero-order valence-electron chi connectivity index (χ0n) is 25.7. The molecule has 4 rings (SSSR count). The van der Waals surface area contributed by atoms with Gasteiger partial charge in [0.2, 0.25) is 17.7 Å². The van der Waals surface area contributed by atoms with Gasteiger partial charge in [-0.3, -0.25) is 24.0 Å². The summed E-state index contributed by atoms with van der Waals surface area (Å²) in [6, 6.07) is 8.25. The molecule has 12 heteroatoms. The molecule has 0 saturated heterocycles. The van der Waals surface area contributed by atoms with E-state index in [1.54, 1.807) is 27.0 Å². The molecule has 1 aliphatic heterocycles. The Morgan fingerprint density at radius 3 is 2.50 bits per heavy atom. The summed E-state index contributed by atoms with van der Waals surface area (Å²) in [6.45, 7) is 7.50. The molecule has 1 aromatic carbocycles. The maximum absolute atomic E-state index is 13.8. The van der Waals surface area contributed by atoms with Crippen molar-refractivity contribution in [2.45, 2.75) is 71.5 Å². The molecular weight excluding hydrogens is 564 g/mol. The van der Waals surface area contributed by atoms with Crippen LogP contribution < -0.4 is 26.8 Å². The van der Waals surface area contributed by atoms with Gasteiger partial charge in [-0.15, -0.1) is 0 Å². The Labute approximate surface area is 256 Å². The highest BCUT2D eigenvalue weighted by atomic mass is 16.3. The second-order valence-corrected chi connectivity index (χ2v) is 11.5. The van der Waals surface area contributed by atoms with Crippen LogP contribution in [0, 0.1) is 19.8 Å². The van der Waals surface area contributed by atoms with Crippen molar-refractivity contribution in [2.75, 3.05) is 6.54 Å². The molecule has 3 heterocycles. The number of rotatable bonds is 5. The lowest BCUT2D eigenvalue weighted by atomic mass is 10.0. The molecule has 0 radical (unpaired) electrons. The number of nitrogens with zero attached hydrogens (tertiary/aromatic N) is 2. The monoisotopic (exact) mass is 604 g/mol. The van der Waals surface area contributed by atoms with Crippen LogP contribution in [-0.4, -0.2) is 51.8 Å². The highest BCUT2D eigenvalue weighted by molar-refractivity contribution is 5.99. The second-order valence-electron chi connectivity index (χ2n) is 11.5. The van der Waals surface area contributed by atoms with Crippen molar-refractivity contribution in [3.05, 3.63) is 87.0 Å². The van der Waals surface area contributed by atoms with Crippen molar-refractivity contribution in [3.63, 3.8) is 0 Å². The number of benzene rings is 1. The van der Waals surface area contributed by atoms with Gasteiger partial charge in [0.15, 0.2) is 5.69 Å². The minimum absolute atomic E-state index is 0.0480. The smallest absolute Gasteiger partial charge is 0.273 e. The summed E-state index contributed by atoms with van der Waals surface area (Å²) < 4.78 is 6.98. The molecule has 0 spiro atoms. The number of nitrogens with one attached hydrogen (secondary N) is 4. The van der Waals surface area contributed by atoms with Crippen LogP contribution in [0.3, 0.4) is 0 Å². The number of carbonyl (C=O) groups is 4. The van der Waals surface area contributed by atoms with Crippen molar-refractivity contribution >= 4 is 23.6 Å². The van der Waals surface area contributed by atoms with E-state index in [4.69, 9.17) is 4.42 Å². The SMILES string of the molecule is Cc1cc(C)n(C)c(=O)c1C(=O)N[C@H]1CCCCNC(=O)c2coc(n2)[C@H](C(C)C)NC(=O)[C@H](Cc2ccccc2)NC1=O. The van der Waals surface area contributed by atoms with Crippen molar-refractivity contribution in [3.8, 4) is 0 Å². The summed E-state index contributed by atoms with van der Waals surface area (Å²) in [6.07, 6.45) is 2.61. The number of aryl methyl sites for hydroxylation is 2. The van der Waals surface area contributed by atoms with E-state index in [0.29, 0.717) is 30.6 Å². The van der Waals surface area contributed by atoms with Crippen LogP contribution in [0.25, 0.3) is 0 Å². The zero-order chi connectivity index (χ0) is 32.0. The number of amides is 4. The normalized spacial score (nSPS) is 20.0. The van der Waals surface area contributed by atoms with Crippen molar-refractivity contribution in [1.29, 1.82) is 0 Å². The molecule has 2 bridgehead atoms. The molecule has 4 amide bonds. The summed E-state index contributed by atoms with van der Waals surface area (Å²) in [4.78, 5) is 71.0. The summed E-state index contributed by atoms with van der Waals surface area (Å²) in [5.74, 6) is -2.12. The fourth-order valence-electron chi connectivity index (χ4n) is 5.15. The van der Waals surface area contributed by atoms with Crippen LogP contribution in [0.15, 0.2) is 51.9 Å². The number of hydrogen-bond donors (Lipinski definition) is 4. The lowest BCUT2D eigenvalue weighted by molar-refractivity contribution is -0.130. The Bertz CT molecular complexity index is 1580. The van der Waals surface area contributed by atoms with E-state index >= 15 is 0 Å². The van der Waals surface area contributed by atoms with Crippen LogP contribution in [0.4, 0.5) is 0 Å². The highest BCUT2D eigenvalue weighted by Crippen LogP contribution is 2.22. The summed E-state index contributed by atoms with van der Waals surface area (Å²) >= 11 is 0. The van der Waals surface area contributed by atoms with Crippen molar-refractivity contribution in [1.82, 2.24) is 30.8 Å². The predicted octanol–water partition coefficient (Wildman–Crippen LogP) is 2.24. The number of aromatic nitrogens is 2. The Morgan fingerprint density at radius 2 is 1.80 bits per heavy atom. The lowest BCUT2D eigenvalue weighted by Gasteiger charge is -2.26. The van der Waals surface area contributed by atoms with Crippen molar-refractivity contribution < 1.29 is 23.6 Å². The van der Waals surface area contributed by atoms with Gasteiger partial charge in [-0.1, -0.05) is 44.2 Å². The zero-order valence-corrected chi connectivity index (χ0v) is 25.7. The molecule has 1 aliphatic rings. The second kappa shape index (κ2) is 14.2. The first-order chi connectivity index (χ1) is 21.0. The molecule has 3 atom stereocenters. The number of pyridine rings is 1. The van der Waals surface area contributed by atoms with Gasteiger partial charge in [-0.05, 0) is 56.2 Å². The van der Waals surface area contributed by atoms with Gasteiger partial charge in [0.1, 0.15) is 30.0 Å². The topological polar surface area (TPSA) is 164 Å². The molecule has 4 N–H and O–H groups in total. The molecule has 44 heavy (non-hydrogen) atoms. The van der Waals surface area contributed by atoms with Gasteiger partial charge in [-0.2, -0.15) is 0 Å². The van der Waals surface area contributed by atoms with E-state index < -0.39 is 47.3 Å². The van der Waals surface area contributed by atoms with Gasteiger partial charge in [0.25, 0.3) is 17.4 Å². The molecule has 12 nitrogen and oxygen atoms in total. The molecule has 3 aromatic rings. The first-order valence-corrected chi connectivity index (χ1v) is 14.8. The quantitative estimate of drug-likeness (QED) is 0.347. The van der Waals surface area contributed by atoms with E-state index in [2.05, 4.69) is 26.3 Å². The van der Waals surface area contributed by atoms with Gasteiger partial charge >= 0.3 is 0 Å². The Hall–Kier alpha value is -4.74. The van der Waals surface area contributed by atoms with Crippen LogP contribution in [0.2, 0.25) is 0 Å². The van der Waals surface area contributed by atoms with E-state index in [1.165, 1.54) is 10.8 Å². The molecule has 0 fully saturated rings. The first-order valence-electron chi connectivity index (χ1n) is 14.8. The lowest BCUT2D eigenvalue weighted by Crippen LogP contribution is -2.55. The molecular formula is C32H40N6O6. The average Bonchev–Trinajstić information content (AvgIpc) is 3.47. The largest absolute Gasteiger partial charge is 0.446 e.